The maximum Gasteiger partial charge on any atom is 0.339 e. The number of phenolic OH excluding ortho intramolecular Hbond substituents is 1. The lowest BCUT2D eigenvalue weighted by Crippen LogP contribution is -2.15. The Labute approximate surface area is 110 Å². The second-order valence-electron chi connectivity index (χ2n) is 4.39. The fourth-order valence-electron chi connectivity index (χ4n) is 2.16. The van der Waals surface area contributed by atoms with Crippen molar-refractivity contribution in [2.45, 2.75) is 6.61 Å². The van der Waals surface area contributed by atoms with Gasteiger partial charge in [0.1, 0.15) is 12.4 Å². The highest BCUT2D eigenvalue weighted by Crippen LogP contribution is 2.28. The molecular formula is C16H12O3. The highest BCUT2D eigenvalue weighted by Gasteiger charge is 2.22. The van der Waals surface area contributed by atoms with Crippen LogP contribution in [0, 0.1) is 0 Å². The Kier molecular flexibility index (Phi) is 2.80. The van der Waals surface area contributed by atoms with Crippen LogP contribution < -0.4 is 0 Å². The van der Waals surface area contributed by atoms with Crippen molar-refractivity contribution in [2.75, 3.05) is 0 Å². The topological polar surface area (TPSA) is 46.5 Å². The van der Waals surface area contributed by atoms with Gasteiger partial charge < -0.3 is 9.84 Å². The molecule has 0 saturated heterocycles. The number of hydrogen-bond acceptors (Lipinski definition) is 3. The molecule has 0 amide bonds. The molecule has 3 heteroatoms. The van der Waals surface area contributed by atoms with Gasteiger partial charge in [-0.05, 0) is 34.9 Å². The first-order chi connectivity index (χ1) is 9.24. The van der Waals surface area contributed by atoms with Crippen LogP contribution in [0.5, 0.6) is 5.75 Å². The minimum atomic E-state index is -0.331. The molecule has 94 valence electrons. The molecule has 3 nitrogen and oxygen atoms in total. The molecule has 0 radical (unpaired) electrons. The number of esters is 1. The SMILES string of the molecule is O=C1OCc2ccccc2/C1=C\c1cccc(O)c1. The van der Waals surface area contributed by atoms with Gasteiger partial charge in [0.15, 0.2) is 0 Å². The number of carbonyl (C=O) groups is 1. The van der Waals surface area contributed by atoms with Crippen LogP contribution in [0.4, 0.5) is 0 Å². The Morgan fingerprint density at radius 1 is 1.11 bits per heavy atom. The van der Waals surface area contributed by atoms with E-state index in [4.69, 9.17) is 4.74 Å². The van der Waals surface area contributed by atoms with E-state index >= 15 is 0 Å². The predicted molar refractivity (Wildman–Crippen MR) is 72.2 cm³/mol. The molecule has 0 atom stereocenters. The van der Waals surface area contributed by atoms with Gasteiger partial charge in [-0.1, -0.05) is 36.4 Å². The summed E-state index contributed by atoms with van der Waals surface area (Å²) in [5.74, 6) is -0.158. The number of phenols is 1. The van der Waals surface area contributed by atoms with Gasteiger partial charge in [0, 0.05) is 0 Å². The summed E-state index contributed by atoms with van der Waals surface area (Å²) >= 11 is 0. The summed E-state index contributed by atoms with van der Waals surface area (Å²) in [5.41, 5.74) is 3.17. The number of rotatable bonds is 1. The van der Waals surface area contributed by atoms with E-state index in [-0.39, 0.29) is 11.7 Å². The average molecular weight is 252 g/mol. The van der Waals surface area contributed by atoms with Crippen molar-refractivity contribution in [3.8, 4) is 5.75 Å². The maximum atomic E-state index is 11.9. The fraction of sp³-hybridized carbons (Fsp3) is 0.0625. The van der Waals surface area contributed by atoms with Crippen molar-refractivity contribution in [3.63, 3.8) is 0 Å². The summed E-state index contributed by atoms with van der Waals surface area (Å²) in [6.45, 7) is 0.312. The van der Waals surface area contributed by atoms with Crippen LogP contribution in [0.1, 0.15) is 16.7 Å². The summed E-state index contributed by atoms with van der Waals surface area (Å²) in [5, 5.41) is 9.46. The molecule has 2 aromatic carbocycles. The standard InChI is InChI=1S/C16H12O3/c17-13-6-3-4-11(8-13)9-15-14-7-2-1-5-12(14)10-19-16(15)18/h1-9,17H,10H2/b15-9+. The van der Waals surface area contributed by atoms with Gasteiger partial charge in [-0.2, -0.15) is 0 Å². The summed E-state index contributed by atoms with van der Waals surface area (Å²) < 4.78 is 5.15. The molecule has 0 spiro atoms. The van der Waals surface area contributed by atoms with Crippen LogP contribution in [0.15, 0.2) is 48.5 Å². The Bertz CT molecular complexity index is 671. The second kappa shape index (κ2) is 4.61. The van der Waals surface area contributed by atoms with E-state index in [2.05, 4.69) is 0 Å². The van der Waals surface area contributed by atoms with Crippen molar-refractivity contribution in [1.29, 1.82) is 0 Å². The predicted octanol–water partition coefficient (Wildman–Crippen LogP) is 2.99. The van der Waals surface area contributed by atoms with E-state index in [9.17, 15) is 9.90 Å². The van der Waals surface area contributed by atoms with Crippen molar-refractivity contribution in [2.24, 2.45) is 0 Å². The van der Waals surface area contributed by atoms with Crippen LogP contribution in [0.25, 0.3) is 11.6 Å². The monoisotopic (exact) mass is 252 g/mol. The lowest BCUT2D eigenvalue weighted by Gasteiger charge is -2.18. The summed E-state index contributed by atoms with van der Waals surface area (Å²) in [7, 11) is 0. The van der Waals surface area contributed by atoms with Gasteiger partial charge in [0.25, 0.3) is 0 Å². The van der Waals surface area contributed by atoms with Crippen LogP contribution in [0.2, 0.25) is 0 Å². The minimum absolute atomic E-state index is 0.173. The molecule has 0 aliphatic carbocycles. The quantitative estimate of drug-likeness (QED) is 0.627. The van der Waals surface area contributed by atoms with Gasteiger partial charge in [-0.3, -0.25) is 0 Å². The summed E-state index contributed by atoms with van der Waals surface area (Å²) in [4.78, 5) is 11.9. The maximum absolute atomic E-state index is 11.9. The third-order valence-electron chi connectivity index (χ3n) is 3.07. The van der Waals surface area contributed by atoms with Crippen LogP contribution in [0.3, 0.4) is 0 Å². The molecule has 1 aliphatic rings. The molecule has 19 heavy (non-hydrogen) atoms. The Morgan fingerprint density at radius 2 is 1.95 bits per heavy atom. The molecule has 0 unspecified atom stereocenters. The number of carbonyl (C=O) groups excluding carboxylic acids is 1. The molecule has 0 saturated carbocycles. The number of hydrogen-bond donors (Lipinski definition) is 1. The van der Waals surface area contributed by atoms with Gasteiger partial charge in [-0.25, -0.2) is 4.79 Å². The summed E-state index contributed by atoms with van der Waals surface area (Å²) in [6, 6.07) is 14.4. The molecule has 0 fully saturated rings. The second-order valence-corrected chi connectivity index (χ2v) is 4.39. The Morgan fingerprint density at radius 3 is 2.79 bits per heavy atom. The third-order valence-corrected chi connectivity index (χ3v) is 3.07. The normalized spacial score (nSPS) is 16.0. The Balaban J connectivity index is 2.11. The van der Waals surface area contributed by atoms with Gasteiger partial charge >= 0.3 is 5.97 Å². The minimum Gasteiger partial charge on any atom is -0.508 e. The number of fused-ring (bicyclic) bond motifs is 1. The average Bonchev–Trinajstić information content (AvgIpc) is 2.42. The number of benzene rings is 2. The number of aromatic hydroxyl groups is 1. The fourth-order valence-corrected chi connectivity index (χ4v) is 2.16. The van der Waals surface area contributed by atoms with Crippen LogP contribution in [-0.4, -0.2) is 11.1 Å². The molecule has 3 rings (SSSR count). The van der Waals surface area contributed by atoms with Crippen molar-refractivity contribution in [3.05, 3.63) is 65.2 Å². The number of cyclic esters (lactones) is 1. The molecular weight excluding hydrogens is 240 g/mol. The summed E-state index contributed by atoms with van der Waals surface area (Å²) in [6.07, 6.45) is 1.74. The smallest absolute Gasteiger partial charge is 0.339 e. The van der Waals surface area contributed by atoms with Gasteiger partial charge in [0.05, 0.1) is 5.57 Å². The largest absolute Gasteiger partial charge is 0.508 e. The van der Waals surface area contributed by atoms with E-state index in [1.165, 1.54) is 0 Å². The molecule has 1 N–H and O–H groups in total. The highest BCUT2D eigenvalue weighted by atomic mass is 16.5. The van der Waals surface area contributed by atoms with E-state index in [0.717, 1.165) is 16.7 Å². The van der Waals surface area contributed by atoms with Crippen molar-refractivity contribution < 1.29 is 14.6 Å². The Hall–Kier alpha value is -2.55. The zero-order valence-corrected chi connectivity index (χ0v) is 10.2. The lowest BCUT2D eigenvalue weighted by atomic mass is 9.96. The van der Waals surface area contributed by atoms with Gasteiger partial charge in [-0.15, -0.1) is 0 Å². The van der Waals surface area contributed by atoms with E-state index in [0.29, 0.717) is 12.2 Å². The molecule has 1 heterocycles. The van der Waals surface area contributed by atoms with Gasteiger partial charge in [0.2, 0.25) is 0 Å². The highest BCUT2D eigenvalue weighted by molar-refractivity contribution is 6.22. The van der Waals surface area contributed by atoms with E-state index in [1.54, 1.807) is 24.3 Å². The van der Waals surface area contributed by atoms with Crippen LogP contribution in [-0.2, 0) is 16.1 Å². The molecule has 2 aromatic rings. The van der Waals surface area contributed by atoms with Crippen molar-refractivity contribution in [1.82, 2.24) is 0 Å². The van der Waals surface area contributed by atoms with Crippen molar-refractivity contribution >= 4 is 17.6 Å². The molecule has 0 bridgehead atoms. The van der Waals surface area contributed by atoms with Crippen LogP contribution >= 0.6 is 0 Å². The first-order valence-corrected chi connectivity index (χ1v) is 6.00. The number of ether oxygens (including phenoxy) is 1. The third kappa shape index (κ3) is 2.22. The van der Waals surface area contributed by atoms with E-state index in [1.807, 2.05) is 30.3 Å². The van der Waals surface area contributed by atoms with E-state index < -0.39 is 0 Å². The molecule has 1 aliphatic heterocycles. The zero-order valence-electron chi connectivity index (χ0n) is 10.2. The molecule has 0 aromatic heterocycles. The first-order valence-electron chi connectivity index (χ1n) is 6.00. The first kappa shape index (κ1) is 11.5. The zero-order chi connectivity index (χ0) is 13.2. The lowest BCUT2D eigenvalue weighted by molar-refractivity contribution is -0.138.